The predicted octanol–water partition coefficient (Wildman–Crippen LogP) is -0.621. The topological polar surface area (TPSA) is 79.6 Å². The average Bonchev–Trinajstić information content (AvgIpc) is 1.64. The van der Waals surface area contributed by atoms with E-state index in [2.05, 4.69) is 7.45 Å². The summed E-state index contributed by atoms with van der Waals surface area (Å²) in [7, 11) is 0. The third-order valence-corrected chi connectivity index (χ3v) is 2.33. The Kier molecular flexibility index (Phi) is 3.40. The molecule has 1 unspecified atom stereocenters. The van der Waals surface area contributed by atoms with E-state index < -0.39 is 14.5 Å². The summed E-state index contributed by atoms with van der Waals surface area (Å²) in [5.41, 5.74) is 0. The molecule has 0 aromatic heterocycles. The Hall–Kier alpha value is -0.432. The Morgan fingerprint density at radius 1 is 1.89 bits per heavy atom. The van der Waals surface area contributed by atoms with Gasteiger partial charge in [0.15, 0.2) is 0 Å². The van der Waals surface area contributed by atoms with Gasteiger partial charge in [-0.3, -0.25) is 0 Å². The molecule has 0 aromatic rings. The van der Waals surface area contributed by atoms with E-state index in [9.17, 15) is 3.74 Å². The van der Waals surface area contributed by atoms with Crippen molar-refractivity contribution in [3.05, 3.63) is 0 Å². The minimum atomic E-state index is -4.62. The van der Waals surface area contributed by atoms with Gasteiger partial charge in [-0.2, -0.15) is 0 Å². The average molecular weight is 195 g/mol. The Morgan fingerprint density at radius 3 is 2.78 bits per heavy atom. The van der Waals surface area contributed by atoms with Crippen LogP contribution >= 0.6 is 0 Å². The zero-order valence-corrected chi connectivity index (χ0v) is 6.65. The number of rotatable bonds is 3. The second-order valence-electron chi connectivity index (χ2n) is 1.07. The molecule has 0 amide bonds. The Morgan fingerprint density at radius 2 is 2.44 bits per heavy atom. The fourth-order valence-electron chi connectivity index (χ4n) is 0.241. The van der Waals surface area contributed by atoms with Crippen molar-refractivity contribution < 1.29 is 15.3 Å². The summed E-state index contributed by atoms with van der Waals surface area (Å²) in [5, 5.41) is 7.76. The van der Waals surface area contributed by atoms with E-state index in [1.165, 1.54) is 6.92 Å². The van der Waals surface area contributed by atoms with Gasteiger partial charge in [0, 0.05) is 0 Å². The van der Waals surface area contributed by atoms with Crippen molar-refractivity contribution >= 4 is 14.5 Å². The predicted molar refractivity (Wildman–Crippen MR) is 27.0 cm³/mol. The van der Waals surface area contributed by atoms with E-state index in [0.717, 1.165) is 6.26 Å². The van der Waals surface area contributed by atoms with Gasteiger partial charge in [0.25, 0.3) is 0 Å². The quantitative estimate of drug-likeness (QED) is 0.479. The molecule has 9 heavy (non-hydrogen) atoms. The summed E-state index contributed by atoms with van der Waals surface area (Å²) < 4.78 is 26.7. The SMILES string of the molecule is CCO[As](=O)(O)OC#N. The van der Waals surface area contributed by atoms with Crippen LogP contribution in [0.5, 0.6) is 0 Å². The van der Waals surface area contributed by atoms with Gasteiger partial charge < -0.3 is 0 Å². The van der Waals surface area contributed by atoms with Crippen LogP contribution in [0, 0.1) is 11.5 Å². The maximum atomic E-state index is 10.4. The molecule has 0 saturated heterocycles. The first-order valence-electron chi connectivity index (χ1n) is 2.17. The second kappa shape index (κ2) is 3.57. The molecule has 0 heterocycles. The summed E-state index contributed by atoms with van der Waals surface area (Å²) in [5.74, 6) is 0. The molecule has 5 nitrogen and oxygen atoms in total. The molecule has 0 fully saturated rings. The zero-order valence-electron chi connectivity index (χ0n) is 4.77. The molecule has 6 heteroatoms. The third kappa shape index (κ3) is 4.10. The van der Waals surface area contributed by atoms with E-state index in [1.54, 1.807) is 0 Å². The first-order chi connectivity index (χ1) is 4.12. The van der Waals surface area contributed by atoms with Crippen molar-refractivity contribution in [2.45, 2.75) is 6.92 Å². The van der Waals surface area contributed by atoms with E-state index >= 15 is 0 Å². The molecule has 0 spiro atoms. The van der Waals surface area contributed by atoms with Gasteiger partial charge >= 0.3 is 54.8 Å². The summed E-state index contributed by atoms with van der Waals surface area (Å²) in [4.78, 5) is 0. The van der Waals surface area contributed by atoms with Crippen LogP contribution in [-0.2, 0) is 11.2 Å². The van der Waals surface area contributed by atoms with Crippen LogP contribution in [-0.4, -0.2) is 25.2 Å². The third-order valence-electron chi connectivity index (χ3n) is 0.448. The van der Waals surface area contributed by atoms with Crippen molar-refractivity contribution in [1.29, 1.82) is 5.26 Å². The number of hydrogen-bond acceptors (Lipinski definition) is 4. The maximum absolute atomic E-state index is 10.4. The van der Waals surface area contributed by atoms with Gasteiger partial charge in [-0.15, -0.1) is 0 Å². The van der Waals surface area contributed by atoms with Crippen molar-refractivity contribution in [3.63, 3.8) is 0 Å². The van der Waals surface area contributed by atoms with Crippen LogP contribution in [0.1, 0.15) is 6.92 Å². The van der Waals surface area contributed by atoms with Crippen molar-refractivity contribution in [3.8, 4) is 6.26 Å². The summed E-state index contributed by atoms with van der Waals surface area (Å²) in [6.07, 6.45) is 1.08. The fraction of sp³-hybridized carbons (Fsp3) is 0.667. The second-order valence-corrected chi connectivity index (χ2v) is 3.96. The number of nitriles is 1. The molecule has 0 aromatic carbocycles. The van der Waals surface area contributed by atoms with Gasteiger partial charge in [-0.25, -0.2) is 0 Å². The molecule has 0 bridgehead atoms. The van der Waals surface area contributed by atoms with Crippen molar-refractivity contribution in [2.75, 3.05) is 6.61 Å². The van der Waals surface area contributed by atoms with E-state index in [4.69, 9.17) is 9.36 Å². The number of hydrogen-bond donors (Lipinski definition) is 1. The molecule has 0 aliphatic rings. The van der Waals surface area contributed by atoms with Gasteiger partial charge in [0.05, 0.1) is 0 Å². The molecular weight excluding hydrogens is 189 g/mol. The first kappa shape index (κ1) is 8.57. The molecule has 1 atom stereocenters. The summed E-state index contributed by atoms with van der Waals surface area (Å²) >= 11 is -4.62. The summed E-state index contributed by atoms with van der Waals surface area (Å²) in [6, 6.07) is 0. The molecule has 0 aliphatic heterocycles. The van der Waals surface area contributed by atoms with Crippen LogP contribution in [0.2, 0.25) is 0 Å². The van der Waals surface area contributed by atoms with Gasteiger partial charge in [0.1, 0.15) is 0 Å². The number of nitrogens with zero attached hydrogens (tertiary/aromatic N) is 1. The van der Waals surface area contributed by atoms with E-state index in [1.807, 2.05) is 0 Å². The Balaban J connectivity index is 3.75. The van der Waals surface area contributed by atoms with Crippen molar-refractivity contribution in [1.82, 2.24) is 0 Å². The summed E-state index contributed by atoms with van der Waals surface area (Å²) in [6.45, 7) is 1.60. The standard InChI is InChI=1S/C3H6AsNO4/c1-2-8-4(6,7)9-3-5/h2H2,1H3,(H,6,7). The van der Waals surface area contributed by atoms with Gasteiger partial charge in [-0.05, 0) is 0 Å². The fourth-order valence-corrected chi connectivity index (χ4v) is 1.25. The van der Waals surface area contributed by atoms with Crippen LogP contribution in [0.15, 0.2) is 0 Å². The van der Waals surface area contributed by atoms with Crippen LogP contribution < -0.4 is 0 Å². The first-order valence-corrected chi connectivity index (χ1v) is 5.31. The van der Waals surface area contributed by atoms with Gasteiger partial charge in [0.2, 0.25) is 0 Å². The van der Waals surface area contributed by atoms with Gasteiger partial charge in [-0.1, -0.05) is 0 Å². The van der Waals surface area contributed by atoms with Crippen LogP contribution in [0.25, 0.3) is 0 Å². The Labute approximate surface area is 55.5 Å². The molecule has 0 saturated carbocycles. The normalized spacial score (nSPS) is 15.7. The zero-order chi connectivity index (χ0) is 7.33. The molecule has 1 N–H and O–H groups in total. The van der Waals surface area contributed by atoms with Crippen LogP contribution in [0.4, 0.5) is 0 Å². The van der Waals surface area contributed by atoms with E-state index in [0.29, 0.717) is 0 Å². The van der Waals surface area contributed by atoms with E-state index in [-0.39, 0.29) is 6.61 Å². The van der Waals surface area contributed by atoms with Crippen molar-refractivity contribution in [2.24, 2.45) is 0 Å². The molecule has 0 rings (SSSR count). The monoisotopic (exact) mass is 195 g/mol. The molecule has 0 aliphatic carbocycles. The molecule has 0 radical (unpaired) electrons. The molecular formula is C3H6AsNO4. The Bertz CT molecular complexity index is 162. The molecule has 52 valence electrons. The van der Waals surface area contributed by atoms with Crippen LogP contribution in [0.3, 0.4) is 0 Å². The minimum absolute atomic E-state index is 0.0642.